The lowest BCUT2D eigenvalue weighted by atomic mass is 9.96. The van der Waals surface area contributed by atoms with E-state index in [0.29, 0.717) is 24.2 Å². The summed E-state index contributed by atoms with van der Waals surface area (Å²) < 4.78 is 4.58. The average molecular weight is 633 g/mol. The van der Waals surface area contributed by atoms with Gasteiger partial charge in [-0.05, 0) is 66.0 Å². The second kappa shape index (κ2) is 19.3. The van der Waals surface area contributed by atoms with Gasteiger partial charge in [0.05, 0.1) is 37.0 Å². The second-order valence-electron chi connectivity index (χ2n) is 11.6. The Balaban J connectivity index is 0.000000261. The molecule has 0 saturated heterocycles. The van der Waals surface area contributed by atoms with Gasteiger partial charge in [-0.15, -0.1) is 0 Å². The number of nitrogens with zero attached hydrogens (tertiary/aromatic N) is 6. The van der Waals surface area contributed by atoms with Crippen LogP contribution < -0.4 is 0 Å². The Morgan fingerprint density at radius 3 is 1.20 bits per heavy atom. The van der Waals surface area contributed by atoms with Crippen molar-refractivity contribution >= 4 is 11.9 Å². The second-order valence-corrected chi connectivity index (χ2v) is 11.6. The highest BCUT2D eigenvalue weighted by Crippen LogP contribution is 2.34. The first kappa shape index (κ1) is 37.9. The van der Waals surface area contributed by atoms with Crippen LogP contribution in [0.4, 0.5) is 0 Å². The largest absolute Gasteiger partial charge is 0.481 e. The van der Waals surface area contributed by atoms with E-state index in [9.17, 15) is 9.59 Å². The van der Waals surface area contributed by atoms with Crippen LogP contribution in [0.25, 0.3) is 0 Å². The van der Waals surface area contributed by atoms with Crippen molar-refractivity contribution in [1.29, 1.82) is 0 Å². The van der Waals surface area contributed by atoms with Gasteiger partial charge in [0.15, 0.2) is 0 Å². The van der Waals surface area contributed by atoms with Gasteiger partial charge in [-0.2, -0.15) is 0 Å². The summed E-state index contributed by atoms with van der Waals surface area (Å²) in [5, 5.41) is 15.8. The first-order valence-electron chi connectivity index (χ1n) is 15.8. The topological polar surface area (TPSA) is 117 Å². The van der Waals surface area contributed by atoms with Crippen LogP contribution in [0, 0.1) is 13.8 Å². The molecule has 2 aromatic carbocycles. The summed E-state index contributed by atoms with van der Waals surface area (Å²) in [7, 11) is 8.58. The monoisotopic (exact) mass is 632 g/mol. The number of aromatic nitrogens is 4. The summed E-state index contributed by atoms with van der Waals surface area (Å²) in [5.41, 5.74) is 2.71. The third-order valence-corrected chi connectivity index (χ3v) is 7.95. The van der Waals surface area contributed by atoms with E-state index in [-0.39, 0.29) is 12.8 Å². The van der Waals surface area contributed by atoms with Crippen molar-refractivity contribution in [2.24, 2.45) is 0 Å². The molecule has 4 aromatic rings. The number of benzene rings is 2. The molecule has 250 valence electrons. The van der Waals surface area contributed by atoms with Crippen LogP contribution in [0.2, 0.25) is 0 Å². The van der Waals surface area contributed by atoms with Crippen molar-refractivity contribution in [3.63, 3.8) is 0 Å². The molecular weight excluding hydrogens is 580 g/mol. The molecule has 0 bridgehead atoms. The smallest absolute Gasteiger partial charge is 0.303 e. The molecule has 10 heteroatoms. The van der Waals surface area contributed by atoms with E-state index in [4.69, 9.17) is 10.2 Å². The van der Waals surface area contributed by atoms with E-state index in [2.05, 4.69) is 158 Å². The Kier molecular flexibility index (Phi) is 15.9. The predicted octanol–water partition coefficient (Wildman–Crippen LogP) is 6.83. The number of rotatable bonds is 13. The molecule has 0 saturated carbocycles. The Morgan fingerprint density at radius 2 is 0.978 bits per heavy atom. The zero-order valence-corrected chi connectivity index (χ0v) is 28.6. The Bertz CT molecular complexity index is 1330. The summed E-state index contributed by atoms with van der Waals surface area (Å²) in [6.07, 6.45) is 9.51. The highest BCUT2D eigenvalue weighted by molar-refractivity contribution is 5.75. The quantitative estimate of drug-likeness (QED) is 0.165. The van der Waals surface area contributed by atoms with E-state index in [0.717, 1.165) is 24.5 Å². The highest BCUT2D eigenvalue weighted by atomic mass is 16.4. The first-order valence-corrected chi connectivity index (χ1v) is 15.8. The van der Waals surface area contributed by atoms with E-state index in [1.807, 2.05) is 12.4 Å². The van der Waals surface area contributed by atoms with E-state index >= 15 is 0 Å². The van der Waals surface area contributed by atoms with Gasteiger partial charge in [0.25, 0.3) is 0 Å². The molecule has 4 unspecified atom stereocenters. The molecule has 0 radical (unpaired) electrons. The third-order valence-electron chi connectivity index (χ3n) is 7.95. The molecule has 0 aliphatic rings. The molecule has 46 heavy (non-hydrogen) atoms. The first-order chi connectivity index (χ1) is 21.9. The summed E-state index contributed by atoms with van der Waals surface area (Å²) in [6.45, 7) is 8.62. The van der Waals surface area contributed by atoms with E-state index in [1.165, 1.54) is 11.1 Å². The number of hydrogen-bond donors (Lipinski definition) is 2. The fraction of sp³-hybridized carbons (Fsp3) is 0.444. The molecule has 2 N–H and O–H groups in total. The van der Waals surface area contributed by atoms with Crippen LogP contribution in [0.1, 0.15) is 86.5 Å². The zero-order chi connectivity index (χ0) is 34.2. The highest BCUT2D eigenvalue weighted by Gasteiger charge is 2.27. The maximum absolute atomic E-state index is 9.64. The molecule has 0 aliphatic heterocycles. The number of carbonyl (C=O) groups is 2. The molecule has 4 atom stereocenters. The number of carboxylic acid groups (broad SMARTS) is 2. The standard InChI is InChI=1S/2C16H23N3.C4H6O4/c2*1-5-15(19-12-11-17-13(19)2)16(18(3)4)14-9-7-6-8-10-14;5-3(6)1-2-4(7)8/h2*6-12,15-16H,5H2,1-4H3;1-2H2,(H,5,6)(H,7,8). The molecule has 0 aliphatic carbocycles. The van der Waals surface area contributed by atoms with Crippen molar-refractivity contribution in [3.8, 4) is 0 Å². The summed E-state index contributed by atoms with van der Waals surface area (Å²) in [4.78, 5) is 32.6. The molecule has 2 aromatic heterocycles. The van der Waals surface area contributed by atoms with Gasteiger partial charge in [-0.1, -0.05) is 74.5 Å². The Hall–Kier alpha value is -4.28. The number of likely N-dealkylation sites (N-methyl/N-ethyl adjacent to an activating group) is 2. The Morgan fingerprint density at radius 1 is 0.652 bits per heavy atom. The summed E-state index contributed by atoms with van der Waals surface area (Å²) in [5.74, 6) is 0.00376. The van der Waals surface area contributed by atoms with Gasteiger partial charge >= 0.3 is 11.9 Å². The van der Waals surface area contributed by atoms with Gasteiger partial charge in [-0.3, -0.25) is 9.59 Å². The molecule has 0 spiro atoms. The lowest BCUT2D eigenvalue weighted by Gasteiger charge is -2.33. The number of imidazole rings is 2. The number of carboxylic acids is 2. The predicted molar refractivity (Wildman–Crippen MR) is 183 cm³/mol. The minimum Gasteiger partial charge on any atom is -0.481 e. The summed E-state index contributed by atoms with van der Waals surface area (Å²) in [6, 6.07) is 22.9. The van der Waals surface area contributed by atoms with E-state index < -0.39 is 11.9 Å². The lowest BCUT2D eigenvalue weighted by molar-refractivity contribution is -0.143. The fourth-order valence-corrected chi connectivity index (χ4v) is 5.86. The van der Waals surface area contributed by atoms with Gasteiger partial charge < -0.3 is 29.1 Å². The van der Waals surface area contributed by atoms with Crippen LogP contribution in [0.15, 0.2) is 85.5 Å². The van der Waals surface area contributed by atoms with Gasteiger partial charge in [0, 0.05) is 24.8 Å². The normalized spacial score (nSPS) is 13.5. The van der Waals surface area contributed by atoms with Crippen molar-refractivity contribution in [2.75, 3.05) is 28.2 Å². The van der Waals surface area contributed by atoms with Gasteiger partial charge in [-0.25, -0.2) is 9.97 Å². The fourth-order valence-electron chi connectivity index (χ4n) is 5.86. The minimum atomic E-state index is -1.08. The summed E-state index contributed by atoms with van der Waals surface area (Å²) >= 11 is 0. The third kappa shape index (κ3) is 11.3. The molecule has 4 rings (SSSR count). The average Bonchev–Trinajstić information content (AvgIpc) is 3.66. The van der Waals surface area contributed by atoms with Crippen LogP contribution >= 0.6 is 0 Å². The van der Waals surface area contributed by atoms with Crippen molar-refractivity contribution in [3.05, 3.63) is 108 Å². The maximum atomic E-state index is 9.64. The maximum Gasteiger partial charge on any atom is 0.303 e. The minimum absolute atomic E-state index is 0.296. The van der Waals surface area contributed by atoms with E-state index in [1.54, 1.807) is 0 Å². The number of aryl methyl sites for hydroxylation is 2. The van der Waals surface area contributed by atoms with Crippen LogP contribution in [0.3, 0.4) is 0 Å². The molecule has 10 nitrogen and oxygen atoms in total. The molecular formula is C36H52N6O4. The Labute approximate surface area is 274 Å². The van der Waals surface area contributed by atoms with Crippen molar-refractivity contribution < 1.29 is 19.8 Å². The van der Waals surface area contributed by atoms with Crippen LogP contribution in [-0.4, -0.2) is 79.2 Å². The molecule has 0 fully saturated rings. The molecule has 0 amide bonds. The van der Waals surface area contributed by atoms with Crippen LogP contribution in [0.5, 0.6) is 0 Å². The van der Waals surface area contributed by atoms with Crippen molar-refractivity contribution in [1.82, 2.24) is 28.9 Å². The van der Waals surface area contributed by atoms with Crippen molar-refractivity contribution in [2.45, 2.75) is 77.5 Å². The molecule has 2 heterocycles. The SMILES string of the molecule is CCC(C(c1ccccc1)N(C)C)n1ccnc1C.CCC(C(c1ccccc1)N(C)C)n1ccnc1C.O=C(O)CCC(=O)O. The number of aliphatic carboxylic acids is 2. The van der Waals surface area contributed by atoms with Gasteiger partial charge in [0.2, 0.25) is 0 Å². The number of hydrogen-bond acceptors (Lipinski definition) is 6. The lowest BCUT2D eigenvalue weighted by Crippen LogP contribution is -2.29. The van der Waals surface area contributed by atoms with Crippen LogP contribution in [-0.2, 0) is 9.59 Å². The van der Waals surface area contributed by atoms with Gasteiger partial charge in [0.1, 0.15) is 11.6 Å². The zero-order valence-electron chi connectivity index (χ0n) is 28.6.